The van der Waals surface area contributed by atoms with Gasteiger partial charge in [0.1, 0.15) is 11.4 Å². The molecule has 0 aromatic carbocycles. The van der Waals surface area contributed by atoms with E-state index in [0.29, 0.717) is 49.3 Å². The van der Waals surface area contributed by atoms with Crippen molar-refractivity contribution in [2.24, 2.45) is 0 Å². The zero-order valence-electron chi connectivity index (χ0n) is 14.5. The Morgan fingerprint density at radius 2 is 1.04 bits per heavy atom. The average molecular weight is 340 g/mol. The van der Waals surface area contributed by atoms with E-state index in [0.717, 1.165) is 0 Å². The Morgan fingerprint density at radius 3 is 1.33 bits per heavy atom. The molecule has 0 N–H and O–H groups in total. The zero-order valence-corrected chi connectivity index (χ0v) is 14.5. The van der Waals surface area contributed by atoms with E-state index in [2.05, 4.69) is 10.3 Å². The second-order valence-corrected chi connectivity index (χ2v) is 4.71. The SMILES string of the molecule is CCOC(OCC)c1cc(-c2cc(C(OCC)OCC)on2)no1. The molecule has 0 spiro atoms. The Kier molecular flexibility index (Phi) is 7.38. The fourth-order valence-electron chi connectivity index (χ4n) is 2.07. The van der Waals surface area contributed by atoms with Crippen molar-refractivity contribution in [3.8, 4) is 11.4 Å². The van der Waals surface area contributed by atoms with Gasteiger partial charge in [0.2, 0.25) is 12.6 Å². The number of aromatic nitrogens is 2. The molecule has 0 aliphatic heterocycles. The lowest BCUT2D eigenvalue weighted by Crippen LogP contribution is -2.07. The Bertz CT molecular complexity index is 533. The van der Waals surface area contributed by atoms with Gasteiger partial charge in [0.05, 0.1) is 0 Å². The lowest BCUT2D eigenvalue weighted by atomic mass is 10.2. The van der Waals surface area contributed by atoms with Crippen molar-refractivity contribution < 1.29 is 28.0 Å². The van der Waals surface area contributed by atoms with Crippen molar-refractivity contribution in [2.75, 3.05) is 26.4 Å². The monoisotopic (exact) mass is 340 g/mol. The van der Waals surface area contributed by atoms with Crippen molar-refractivity contribution in [1.82, 2.24) is 10.3 Å². The van der Waals surface area contributed by atoms with Crippen molar-refractivity contribution in [3.05, 3.63) is 23.7 Å². The first-order valence-corrected chi connectivity index (χ1v) is 8.13. The van der Waals surface area contributed by atoms with Gasteiger partial charge in [-0.3, -0.25) is 0 Å². The largest absolute Gasteiger partial charge is 0.355 e. The Hall–Kier alpha value is -1.74. The maximum absolute atomic E-state index is 5.49. The van der Waals surface area contributed by atoms with E-state index < -0.39 is 12.6 Å². The first-order chi connectivity index (χ1) is 11.7. The van der Waals surface area contributed by atoms with Gasteiger partial charge in [0, 0.05) is 38.6 Å². The van der Waals surface area contributed by atoms with Gasteiger partial charge in [0.15, 0.2) is 11.5 Å². The predicted octanol–water partition coefficient (Wildman–Crippen LogP) is 3.47. The number of hydrogen-bond acceptors (Lipinski definition) is 8. The number of hydrogen-bond donors (Lipinski definition) is 0. The normalized spacial score (nSPS) is 11.8. The molecule has 24 heavy (non-hydrogen) atoms. The third kappa shape index (κ3) is 4.64. The summed E-state index contributed by atoms with van der Waals surface area (Å²) < 4.78 is 32.6. The summed E-state index contributed by atoms with van der Waals surface area (Å²) in [6.45, 7) is 9.53. The third-order valence-electron chi connectivity index (χ3n) is 3.06. The summed E-state index contributed by atoms with van der Waals surface area (Å²) in [7, 11) is 0. The molecule has 0 aliphatic carbocycles. The first-order valence-electron chi connectivity index (χ1n) is 8.13. The van der Waals surface area contributed by atoms with Crippen LogP contribution in [0.3, 0.4) is 0 Å². The van der Waals surface area contributed by atoms with Gasteiger partial charge in [0.25, 0.3) is 0 Å². The summed E-state index contributed by atoms with van der Waals surface area (Å²) in [4.78, 5) is 0. The number of nitrogens with zero attached hydrogens (tertiary/aromatic N) is 2. The van der Waals surface area contributed by atoms with Gasteiger partial charge in [-0.2, -0.15) is 0 Å². The summed E-state index contributed by atoms with van der Waals surface area (Å²) in [5, 5.41) is 7.99. The zero-order chi connectivity index (χ0) is 17.4. The summed E-state index contributed by atoms with van der Waals surface area (Å²) in [6, 6.07) is 3.43. The molecule has 0 unspecified atom stereocenters. The van der Waals surface area contributed by atoms with E-state index in [9.17, 15) is 0 Å². The van der Waals surface area contributed by atoms with Crippen LogP contribution < -0.4 is 0 Å². The van der Waals surface area contributed by atoms with Crippen molar-refractivity contribution in [3.63, 3.8) is 0 Å². The molecule has 0 atom stereocenters. The summed E-state index contributed by atoms with van der Waals surface area (Å²) in [5.41, 5.74) is 1.05. The molecule has 0 saturated carbocycles. The third-order valence-corrected chi connectivity index (χ3v) is 3.06. The lowest BCUT2D eigenvalue weighted by Gasteiger charge is -2.12. The van der Waals surface area contributed by atoms with Gasteiger partial charge in [-0.15, -0.1) is 0 Å². The quantitative estimate of drug-likeness (QED) is 0.574. The molecule has 8 nitrogen and oxygen atoms in total. The highest BCUT2D eigenvalue weighted by molar-refractivity contribution is 5.53. The van der Waals surface area contributed by atoms with Crippen molar-refractivity contribution in [2.45, 2.75) is 40.3 Å². The molecule has 8 heteroatoms. The Morgan fingerprint density at radius 1 is 0.708 bits per heavy atom. The number of rotatable bonds is 11. The molecule has 0 aliphatic rings. The highest BCUT2D eigenvalue weighted by Gasteiger charge is 2.22. The van der Waals surface area contributed by atoms with Crippen LogP contribution in [0.5, 0.6) is 0 Å². The Balaban J connectivity index is 2.15. The second-order valence-electron chi connectivity index (χ2n) is 4.71. The van der Waals surface area contributed by atoms with E-state index in [-0.39, 0.29) is 0 Å². The van der Waals surface area contributed by atoms with Crippen molar-refractivity contribution >= 4 is 0 Å². The molecule has 2 aromatic rings. The average Bonchev–Trinajstić information content (AvgIpc) is 3.24. The van der Waals surface area contributed by atoms with Gasteiger partial charge in [-0.25, -0.2) is 0 Å². The summed E-state index contributed by atoms with van der Waals surface area (Å²) in [5.74, 6) is 0.953. The van der Waals surface area contributed by atoms with E-state index in [4.69, 9.17) is 28.0 Å². The molecular formula is C16H24N2O6. The second kappa shape index (κ2) is 9.53. The molecule has 134 valence electrons. The molecule has 2 heterocycles. The summed E-state index contributed by atoms with van der Waals surface area (Å²) >= 11 is 0. The minimum Gasteiger partial charge on any atom is -0.355 e. The molecule has 0 bridgehead atoms. The van der Waals surface area contributed by atoms with Gasteiger partial charge in [-0.05, 0) is 27.7 Å². The maximum Gasteiger partial charge on any atom is 0.220 e. The molecule has 0 amide bonds. The van der Waals surface area contributed by atoms with Crippen LogP contribution in [0.4, 0.5) is 0 Å². The van der Waals surface area contributed by atoms with Crippen LogP contribution in [0.1, 0.15) is 51.8 Å². The van der Waals surface area contributed by atoms with Crippen LogP contribution in [0.2, 0.25) is 0 Å². The minimum atomic E-state index is -0.591. The van der Waals surface area contributed by atoms with Crippen LogP contribution in [0.15, 0.2) is 21.2 Å². The summed E-state index contributed by atoms with van der Waals surface area (Å²) in [6.07, 6.45) is -1.18. The highest BCUT2D eigenvalue weighted by atomic mass is 16.7. The first kappa shape index (κ1) is 18.6. The topological polar surface area (TPSA) is 89.0 Å². The molecule has 0 radical (unpaired) electrons. The van der Waals surface area contributed by atoms with Crippen LogP contribution in [-0.2, 0) is 18.9 Å². The van der Waals surface area contributed by atoms with Crippen molar-refractivity contribution in [1.29, 1.82) is 0 Å². The lowest BCUT2D eigenvalue weighted by molar-refractivity contribution is -0.152. The van der Waals surface area contributed by atoms with Crippen LogP contribution in [0.25, 0.3) is 11.4 Å². The van der Waals surface area contributed by atoms with Crippen LogP contribution in [0, 0.1) is 0 Å². The highest BCUT2D eigenvalue weighted by Crippen LogP contribution is 2.28. The predicted molar refractivity (Wildman–Crippen MR) is 84.0 cm³/mol. The Labute approximate surface area is 141 Å². The standard InChI is InChI=1S/C16H24N2O6/c1-5-19-15(20-6-2)13-9-11(17-23-13)12-10-14(24-18-12)16(21-7-3)22-8-4/h9-10,15-16H,5-8H2,1-4H3. The number of ether oxygens (including phenoxy) is 4. The van der Waals surface area contributed by atoms with Gasteiger partial charge < -0.3 is 28.0 Å². The van der Waals surface area contributed by atoms with E-state index in [1.807, 2.05) is 27.7 Å². The molecule has 0 fully saturated rings. The molecule has 0 saturated heterocycles. The van der Waals surface area contributed by atoms with E-state index in [1.54, 1.807) is 12.1 Å². The fraction of sp³-hybridized carbons (Fsp3) is 0.625. The van der Waals surface area contributed by atoms with E-state index >= 15 is 0 Å². The van der Waals surface area contributed by atoms with Gasteiger partial charge >= 0.3 is 0 Å². The minimum absolute atomic E-state index is 0.476. The maximum atomic E-state index is 5.49. The van der Waals surface area contributed by atoms with Crippen LogP contribution >= 0.6 is 0 Å². The van der Waals surface area contributed by atoms with Gasteiger partial charge in [-0.1, -0.05) is 10.3 Å². The molecule has 2 aromatic heterocycles. The van der Waals surface area contributed by atoms with Crippen LogP contribution in [-0.4, -0.2) is 36.7 Å². The molecular weight excluding hydrogens is 316 g/mol. The fourth-order valence-corrected chi connectivity index (χ4v) is 2.07. The van der Waals surface area contributed by atoms with E-state index in [1.165, 1.54) is 0 Å². The smallest absolute Gasteiger partial charge is 0.220 e. The molecule has 2 rings (SSSR count).